The molecule has 0 radical (unpaired) electrons. The Labute approximate surface area is 187 Å². The van der Waals surface area contributed by atoms with Crippen molar-refractivity contribution in [3.8, 4) is 0 Å². The molecule has 5 nitrogen and oxygen atoms in total. The summed E-state index contributed by atoms with van der Waals surface area (Å²) in [7, 11) is 0. The van der Waals surface area contributed by atoms with Crippen LogP contribution < -0.4 is 10.7 Å². The fourth-order valence-corrected chi connectivity index (χ4v) is 3.68. The number of hydrogen-bond acceptors (Lipinski definition) is 3. The summed E-state index contributed by atoms with van der Waals surface area (Å²) in [5.74, 6) is -0.506. The Morgan fingerprint density at radius 3 is 2.06 bits per heavy atom. The lowest BCUT2D eigenvalue weighted by Crippen LogP contribution is -2.20. The van der Waals surface area contributed by atoms with Gasteiger partial charge < -0.3 is 5.32 Å². The largest absolute Gasteiger partial charge is 0.326 e. The number of benzene rings is 4. The summed E-state index contributed by atoms with van der Waals surface area (Å²) in [4.78, 5) is 24.4. The van der Waals surface area contributed by atoms with Crippen LogP contribution in [0.15, 0.2) is 77.9 Å². The van der Waals surface area contributed by atoms with E-state index in [-0.39, 0.29) is 24.7 Å². The Morgan fingerprint density at radius 1 is 0.781 bits per heavy atom. The summed E-state index contributed by atoms with van der Waals surface area (Å²) >= 11 is 0. The first-order valence-electron chi connectivity index (χ1n) is 10.6. The Balaban J connectivity index is 1.39. The summed E-state index contributed by atoms with van der Waals surface area (Å²) < 4.78 is 0. The zero-order valence-corrected chi connectivity index (χ0v) is 18.2. The predicted octanol–water partition coefficient (Wildman–Crippen LogP) is 5.48. The highest BCUT2D eigenvalue weighted by atomic mass is 16.2. The van der Waals surface area contributed by atoms with E-state index in [1.165, 1.54) is 5.56 Å². The number of hydrogen-bond donors (Lipinski definition) is 2. The Bertz CT molecular complexity index is 1290. The molecule has 5 heteroatoms. The van der Waals surface area contributed by atoms with Crippen LogP contribution in [0, 0.1) is 13.8 Å². The second-order valence-corrected chi connectivity index (χ2v) is 7.87. The molecular weight excluding hydrogens is 398 g/mol. The Kier molecular flexibility index (Phi) is 6.26. The molecule has 2 N–H and O–H groups in total. The molecule has 4 aromatic carbocycles. The van der Waals surface area contributed by atoms with Gasteiger partial charge in [-0.1, -0.05) is 54.6 Å². The van der Waals surface area contributed by atoms with Crippen LogP contribution in [0.4, 0.5) is 5.69 Å². The van der Waals surface area contributed by atoms with E-state index in [4.69, 9.17) is 0 Å². The van der Waals surface area contributed by atoms with Crippen LogP contribution in [0.5, 0.6) is 0 Å². The zero-order chi connectivity index (χ0) is 22.5. The molecule has 0 fully saturated rings. The average molecular weight is 424 g/mol. The van der Waals surface area contributed by atoms with E-state index in [1.807, 2.05) is 68.4 Å². The lowest BCUT2D eigenvalue weighted by atomic mass is 9.97. The first kappa shape index (κ1) is 21.2. The molecule has 0 aliphatic carbocycles. The molecule has 0 unspecified atom stereocenters. The van der Waals surface area contributed by atoms with E-state index in [9.17, 15) is 9.59 Å². The molecule has 4 aromatic rings. The van der Waals surface area contributed by atoms with Crippen LogP contribution in [-0.4, -0.2) is 18.0 Å². The monoisotopic (exact) mass is 423 g/mol. The SMILES string of the molecule is Cc1ccc(NC(=O)CCC(=O)NN=Cc2c3ccccc3cc3ccccc23)cc1C. The highest BCUT2D eigenvalue weighted by Crippen LogP contribution is 2.27. The quantitative estimate of drug-likeness (QED) is 0.245. The first-order valence-corrected chi connectivity index (χ1v) is 10.6. The molecule has 0 spiro atoms. The average Bonchev–Trinajstić information content (AvgIpc) is 2.79. The van der Waals surface area contributed by atoms with Crippen LogP contribution in [0.3, 0.4) is 0 Å². The second-order valence-electron chi connectivity index (χ2n) is 7.87. The highest BCUT2D eigenvalue weighted by Gasteiger charge is 2.08. The van der Waals surface area contributed by atoms with Crippen molar-refractivity contribution in [3.63, 3.8) is 0 Å². The molecular formula is C27H25N3O2. The second kappa shape index (κ2) is 9.43. The fourth-order valence-electron chi connectivity index (χ4n) is 3.68. The molecule has 4 rings (SSSR count). The molecule has 0 saturated heterocycles. The Hall–Kier alpha value is -3.99. The van der Waals surface area contributed by atoms with Crippen molar-refractivity contribution in [3.05, 3.63) is 89.5 Å². The summed E-state index contributed by atoms with van der Waals surface area (Å²) in [6.07, 6.45) is 1.83. The number of anilines is 1. The molecule has 160 valence electrons. The van der Waals surface area contributed by atoms with E-state index < -0.39 is 0 Å². The standard InChI is InChI=1S/C27H25N3O2/c1-18-11-12-22(15-19(18)2)29-26(31)13-14-27(32)30-28-17-25-23-9-5-3-7-20(23)16-21-8-4-6-10-24(21)25/h3-12,15-17H,13-14H2,1-2H3,(H,29,31)(H,30,32). The van der Waals surface area contributed by atoms with E-state index in [1.54, 1.807) is 6.21 Å². The molecule has 0 atom stereocenters. The number of rotatable bonds is 6. The maximum absolute atomic E-state index is 12.2. The van der Waals surface area contributed by atoms with Gasteiger partial charge in [0.25, 0.3) is 0 Å². The van der Waals surface area contributed by atoms with Gasteiger partial charge in [0, 0.05) is 24.1 Å². The van der Waals surface area contributed by atoms with E-state index in [0.29, 0.717) is 0 Å². The van der Waals surface area contributed by atoms with Gasteiger partial charge in [-0.15, -0.1) is 0 Å². The molecule has 0 aliphatic heterocycles. The topological polar surface area (TPSA) is 70.6 Å². The van der Waals surface area contributed by atoms with Crippen LogP contribution >= 0.6 is 0 Å². The maximum Gasteiger partial charge on any atom is 0.240 e. The van der Waals surface area contributed by atoms with Crippen molar-refractivity contribution < 1.29 is 9.59 Å². The highest BCUT2D eigenvalue weighted by molar-refractivity contribution is 6.13. The third-order valence-electron chi connectivity index (χ3n) is 5.57. The third kappa shape index (κ3) is 4.83. The van der Waals surface area contributed by atoms with Gasteiger partial charge in [-0.2, -0.15) is 5.10 Å². The number of carbonyl (C=O) groups excluding carboxylic acids is 2. The van der Waals surface area contributed by atoms with Crippen LogP contribution in [0.1, 0.15) is 29.5 Å². The minimum atomic E-state index is -0.305. The van der Waals surface area contributed by atoms with Gasteiger partial charge in [0.15, 0.2) is 0 Å². The number of amides is 2. The smallest absolute Gasteiger partial charge is 0.240 e. The van der Waals surface area contributed by atoms with Crippen molar-refractivity contribution >= 4 is 45.3 Å². The number of carbonyl (C=O) groups is 2. The zero-order valence-electron chi connectivity index (χ0n) is 18.2. The third-order valence-corrected chi connectivity index (χ3v) is 5.57. The predicted molar refractivity (Wildman–Crippen MR) is 131 cm³/mol. The molecule has 32 heavy (non-hydrogen) atoms. The first-order chi connectivity index (χ1) is 15.5. The lowest BCUT2D eigenvalue weighted by molar-refractivity contribution is -0.124. The van der Waals surface area contributed by atoms with Gasteiger partial charge in [0.05, 0.1) is 6.21 Å². The van der Waals surface area contributed by atoms with Crippen LogP contribution in [-0.2, 0) is 9.59 Å². The molecule has 0 heterocycles. The van der Waals surface area contributed by atoms with Crippen molar-refractivity contribution in [2.45, 2.75) is 26.7 Å². The lowest BCUT2D eigenvalue weighted by Gasteiger charge is -2.08. The number of nitrogens with one attached hydrogen (secondary N) is 2. The normalized spacial score (nSPS) is 11.2. The van der Waals surface area contributed by atoms with Gasteiger partial charge in [-0.05, 0) is 64.7 Å². The molecule has 0 saturated carbocycles. The van der Waals surface area contributed by atoms with Crippen LogP contribution in [0.25, 0.3) is 21.5 Å². The summed E-state index contributed by atoms with van der Waals surface area (Å²) in [5, 5.41) is 11.4. The molecule has 0 aromatic heterocycles. The minimum Gasteiger partial charge on any atom is -0.326 e. The summed E-state index contributed by atoms with van der Waals surface area (Å²) in [5.41, 5.74) is 6.51. The number of nitrogens with zero attached hydrogens (tertiary/aromatic N) is 1. The maximum atomic E-state index is 12.2. The van der Waals surface area contributed by atoms with Gasteiger partial charge >= 0.3 is 0 Å². The van der Waals surface area contributed by atoms with Crippen LogP contribution in [0.2, 0.25) is 0 Å². The minimum absolute atomic E-state index is 0.0598. The van der Waals surface area contributed by atoms with E-state index >= 15 is 0 Å². The summed E-state index contributed by atoms with van der Waals surface area (Å²) in [6, 6.07) is 24.1. The van der Waals surface area contributed by atoms with Gasteiger partial charge in [0.2, 0.25) is 11.8 Å². The fraction of sp³-hybridized carbons (Fsp3) is 0.148. The van der Waals surface area contributed by atoms with Gasteiger partial charge in [-0.3, -0.25) is 9.59 Å². The van der Waals surface area contributed by atoms with Crippen molar-refractivity contribution in [1.82, 2.24) is 5.43 Å². The van der Waals surface area contributed by atoms with Gasteiger partial charge in [-0.25, -0.2) is 5.43 Å². The van der Waals surface area contributed by atoms with Crippen molar-refractivity contribution in [2.24, 2.45) is 5.10 Å². The Morgan fingerprint density at radius 2 is 1.41 bits per heavy atom. The van der Waals surface area contributed by atoms with Gasteiger partial charge in [0.1, 0.15) is 0 Å². The number of fused-ring (bicyclic) bond motifs is 2. The van der Waals surface area contributed by atoms with Crippen molar-refractivity contribution in [2.75, 3.05) is 5.32 Å². The summed E-state index contributed by atoms with van der Waals surface area (Å²) in [6.45, 7) is 4.02. The molecule has 0 bridgehead atoms. The van der Waals surface area contributed by atoms with Crippen molar-refractivity contribution in [1.29, 1.82) is 0 Å². The van der Waals surface area contributed by atoms with E-state index in [2.05, 4.69) is 34.0 Å². The molecule has 0 aliphatic rings. The number of hydrazone groups is 1. The number of aryl methyl sites for hydroxylation is 2. The molecule has 2 amide bonds. The van der Waals surface area contributed by atoms with E-state index in [0.717, 1.165) is 38.4 Å².